The van der Waals surface area contributed by atoms with Crippen LogP contribution in [0.15, 0.2) is 28.9 Å². The van der Waals surface area contributed by atoms with Crippen LogP contribution in [0, 0.1) is 5.21 Å². The number of halogens is 1. The van der Waals surface area contributed by atoms with Gasteiger partial charge in [-0.25, -0.2) is 4.52 Å². The number of benzene rings is 1. The highest BCUT2D eigenvalue weighted by molar-refractivity contribution is 9.10. The van der Waals surface area contributed by atoms with E-state index in [4.69, 9.17) is 0 Å². The van der Waals surface area contributed by atoms with Crippen LogP contribution in [-0.2, 0) is 4.79 Å². The van der Waals surface area contributed by atoms with E-state index in [0.29, 0.717) is 31.7 Å². The van der Waals surface area contributed by atoms with Gasteiger partial charge in [-0.05, 0) is 32.9 Å². The predicted octanol–water partition coefficient (Wildman–Crippen LogP) is 1.24. The summed E-state index contributed by atoms with van der Waals surface area (Å²) in [4.78, 5) is 11.6. The molecule has 96 valence electrons. The molecule has 1 amide bonds. The van der Waals surface area contributed by atoms with Crippen molar-refractivity contribution in [2.45, 2.75) is 6.92 Å². The summed E-state index contributed by atoms with van der Waals surface area (Å²) < 4.78 is 2.17. The molecule has 0 bridgehead atoms. The Balaban J connectivity index is 2.35. The van der Waals surface area contributed by atoms with E-state index >= 15 is 0 Å². The molecule has 0 spiro atoms. The first kappa shape index (κ1) is 11.8. The smallest absolute Gasteiger partial charge is 0.270 e. The summed E-state index contributed by atoms with van der Waals surface area (Å²) in [6.07, 6.45) is 1.56. The van der Waals surface area contributed by atoms with E-state index in [1.165, 1.54) is 6.92 Å². The summed E-state index contributed by atoms with van der Waals surface area (Å²) in [7, 11) is 0. The first-order valence-electron chi connectivity index (χ1n) is 5.41. The molecule has 0 aliphatic rings. The highest BCUT2D eigenvalue weighted by Gasteiger charge is 2.15. The van der Waals surface area contributed by atoms with E-state index in [0.717, 1.165) is 0 Å². The van der Waals surface area contributed by atoms with E-state index in [-0.39, 0.29) is 5.91 Å². The number of nitrogens with zero attached hydrogens (tertiary/aromatic N) is 4. The number of rotatable bonds is 1. The highest BCUT2D eigenvalue weighted by Crippen LogP contribution is 2.20. The maximum Gasteiger partial charge on any atom is 0.270 e. The van der Waals surface area contributed by atoms with Gasteiger partial charge in [0.05, 0.1) is 10.7 Å². The molecule has 0 fully saturated rings. The zero-order chi connectivity index (χ0) is 13.6. The second kappa shape index (κ2) is 4.16. The third-order valence-electron chi connectivity index (χ3n) is 2.62. The van der Waals surface area contributed by atoms with E-state index in [1.807, 2.05) is 0 Å². The number of hydrogen-bond acceptors (Lipinski definition) is 4. The molecule has 3 rings (SSSR count). The number of amides is 1. The number of hydrogen-bond donors (Lipinski definition) is 1. The molecule has 0 radical (unpaired) electrons. The van der Waals surface area contributed by atoms with Crippen molar-refractivity contribution in [2.24, 2.45) is 0 Å². The Kier molecular flexibility index (Phi) is 2.59. The normalized spacial score (nSPS) is 11.1. The lowest BCUT2D eigenvalue weighted by Gasteiger charge is -2.05. The molecule has 7 nitrogen and oxygen atoms in total. The molecule has 0 saturated carbocycles. The van der Waals surface area contributed by atoms with Crippen LogP contribution in [-0.4, -0.2) is 20.6 Å². The molecule has 8 heteroatoms. The summed E-state index contributed by atoms with van der Waals surface area (Å²) >= 11 is 3.28. The van der Waals surface area contributed by atoms with Crippen LogP contribution in [0.2, 0.25) is 0 Å². The van der Waals surface area contributed by atoms with Crippen molar-refractivity contribution in [3.8, 4) is 0 Å². The average molecular weight is 322 g/mol. The monoisotopic (exact) mass is 321 g/mol. The summed E-state index contributed by atoms with van der Waals surface area (Å²) in [5, 5.41) is 22.5. The molecular formula is C11H8BrN5O2. The maximum absolute atomic E-state index is 11.8. The van der Waals surface area contributed by atoms with Gasteiger partial charge in [0.2, 0.25) is 11.6 Å². The van der Waals surface area contributed by atoms with E-state index in [9.17, 15) is 10.0 Å². The number of carbonyl (C=O) groups excluding carboxylic acids is 1. The third-order valence-corrected chi connectivity index (χ3v) is 3.18. The number of fused-ring (bicyclic) bond motifs is 3. The average Bonchev–Trinajstić information content (AvgIpc) is 2.71. The Hall–Kier alpha value is -2.22. The zero-order valence-electron chi connectivity index (χ0n) is 9.79. The summed E-state index contributed by atoms with van der Waals surface area (Å²) in [6, 6.07) is 4.92. The molecule has 1 aromatic carbocycles. The molecule has 0 saturated heterocycles. The molecule has 0 aliphatic carbocycles. The topological polar surface area (TPSA) is 86.2 Å². The Morgan fingerprint density at radius 2 is 2.32 bits per heavy atom. The Morgan fingerprint density at radius 3 is 3.05 bits per heavy atom. The summed E-state index contributed by atoms with van der Waals surface area (Å²) in [6.45, 7) is 1.42. The van der Waals surface area contributed by atoms with E-state index in [2.05, 4.69) is 31.4 Å². The molecule has 3 aromatic rings. The fourth-order valence-electron chi connectivity index (χ4n) is 1.86. The molecule has 2 heterocycles. The van der Waals surface area contributed by atoms with Crippen LogP contribution in [0.1, 0.15) is 6.92 Å². The number of anilines is 1. The number of nitrogens with one attached hydrogen (secondary N) is 1. The second-order valence-electron chi connectivity index (χ2n) is 3.99. The third kappa shape index (κ3) is 1.89. The quantitative estimate of drug-likeness (QED) is 0.539. The first-order chi connectivity index (χ1) is 9.06. The molecule has 1 N–H and O–H groups in total. The SMILES string of the molecule is CC(=O)Nc1ccc2c(c1)n1ncc(Br)c1n[n+]2[O-]. The Bertz CT molecular complexity index is 814. The van der Waals surface area contributed by atoms with E-state index in [1.54, 1.807) is 28.9 Å². The van der Waals surface area contributed by atoms with Crippen LogP contribution in [0.25, 0.3) is 16.7 Å². The molecule has 2 aromatic heterocycles. The van der Waals surface area contributed by atoms with Crippen LogP contribution in [0.4, 0.5) is 5.69 Å². The van der Waals surface area contributed by atoms with Gasteiger partial charge in [0.15, 0.2) is 0 Å². The number of carbonyl (C=O) groups is 1. The molecular weight excluding hydrogens is 314 g/mol. The van der Waals surface area contributed by atoms with Crippen LogP contribution >= 0.6 is 15.9 Å². The van der Waals surface area contributed by atoms with Gasteiger partial charge in [-0.2, -0.15) is 5.10 Å². The lowest BCUT2D eigenvalue weighted by atomic mass is 10.2. The highest BCUT2D eigenvalue weighted by atomic mass is 79.9. The van der Waals surface area contributed by atoms with Crippen LogP contribution < -0.4 is 10.2 Å². The lowest BCUT2D eigenvalue weighted by molar-refractivity contribution is -0.640. The van der Waals surface area contributed by atoms with Gasteiger partial charge < -0.3 is 10.5 Å². The standard InChI is InChI=1S/C11H8BrN5O2/c1-6(18)14-7-2-3-9-10(4-7)16-11(15-17(9)19)8(12)5-13-16/h2-5H,1H3,(H,14,18). The minimum Gasteiger partial charge on any atom is -0.594 e. The van der Waals surface area contributed by atoms with Crippen molar-refractivity contribution >= 4 is 44.2 Å². The van der Waals surface area contributed by atoms with Crippen LogP contribution in [0.5, 0.6) is 0 Å². The van der Waals surface area contributed by atoms with E-state index < -0.39 is 0 Å². The van der Waals surface area contributed by atoms with Crippen molar-refractivity contribution in [2.75, 3.05) is 5.32 Å². The van der Waals surface area contributed by atoms with Gasteiger partial charge in [-0.3, -0.25) is 4.79 Å². The summed E-state index contributed by atoms with van der Waals surface area (Å²) in [5.74, 6) is -0.179. The van der Waals surface area contributed by atoms with Crippen molar-refractivity contribution in [3.05, 3.63) is 34.1 Å². The molecule has 19 heavy (non-hydrogen) atoms. The fourth-order valence-corrected chi connectivity index (χ4v) is 2.20. The van der Waals surface area contributed by atoms with Gasteiger partial charge in [0.1, 0.15) is 5.52 Å². The molecule has 0 atom stereocenters. The molecule has 0 aliphatic heterocycles. The summed E-state index contributed by atoms with van der Waals surface area (Å²) in [5.41, 5.74) is 1.95. The fraction of sp³-hybridized carbons (Fsp3) is 0.0909. The van der Waals surface area contributed by atoms with Gasteiger partial charge in [0.25, 0.3) is 5.52 Å². The maximum atomic E-state index is 11.8. The number of aromatic nitrogens is 4. The zero-order valence-corrected chi connectivity index (χ0v) is 11.4. The van der Waals surface area contributed by atoms with Crippen molar-refractivity contribution < 1.29 is 9.64 Å². The first-order valence-corrected chi connectivity index (χ1v) is 6.20. The van der Waals surface area contributed by atoms with Crippen LogP contribution in [0.3, 0.4) is 0 Å². The Labute approximate surface area is 115 Å². The van der Waals surface area contributed by atoms with Gasteiger partial charge >= 0.3 is 0 Å². The van der Waals surface area contributed by atoms with Gasteiger partial charge in [-0.1, -0.05) is 0 Å². The van der Waals surface area contributed by atoms with Crippen molar-refractivity contribution in [1.82, 2.24) is 14.7 Å². The molecule has 0 unspecified atom stereocenters. The Morgan fingerprint density at radius 1 is 1.53 bits per heavy atom. The second-order valence-corrected chi connectivity index (χ2v) is 4.84. The minimum absolute atomic E-state index is 0.179. The van der Waals surface area contributed by atoms with Crippen molar-refractivity contribution in [1.29, 1.82) is 0 Å². The van der Waals surface area contributed by atoms with Crippen molar-refractivity contribution in [3.63, 3.8) is 0 Å². The largest absolute Gasteiger partial charge is 0.594 e. The van der Waals surface area contributed by atoms with Gasteiger partial charge in [-0.15, -0.1) is 0 Å². The van der Waals surface area contributed by atoms with Gasteiger partial charge in [0, 0.05) is 23.8 Å². The lowest BCUT2D eigenvalue weighted by Crippen LogP contribution is -2.33. The minimum atomic E-state index is -0.179. The predicted molar refractivity (Wildman–Crippen MR) is 71.5 cm³/mol.